The van der Waals surface area contributed by atoms with E-state index < -0.39 is 0 Å². The first-order valence-electron chi connectivity index (χ1n) is 6.00. The van der Waals surface area contributed by atoms with E-state index in [1.807, 2.05) is 17.6 Å². The van der Waals surface area contributed by atoms with Crippen LogP contribution >= 0.6 is 27.3 Å². The predicted octanol–water partition coefficient (Wildman–Crippen LogP) is 2.97. The molecule has 6 heteroatoms. The van der Waals surface area contributed by atoms with Crippen molar-refractivity contribution in [1.29, 1.82) is 0 Å². The van der Waals surface area contributed by atoms with Gasteiger partial charge in [0.05, 0.1) is 4.47 Å². The Morgan fingerprint density at radius 2 is 2.16 bits per heavy atom. The first-order chi connectivity index (χ1) is 9.33. The summed E-state index contributed by atoms with van der Waals surface area (Å²) in [6.07, 6.45) is 1.82. The number of fused-ring (bicyclic) bond motifs is 1. The second kappa shape index (κ2) is 5.90. The molecule has 0 bridgehead atoms. The molecule has 3 rings (SSSR count). The lowest BCUT2D eigenvalue weighted by Crippen LogP contribution is -2.17. The van der Waals surface area contributed by atoms with E-state index in [9.17, 15) is 0 Å². The Hall–Kier alpha value is -1.11. The summed E-state index contributed by atoms with van der Waals surface area (Å²) in [4.78, 5) is 4.24. The van der Waals surface area contributed by atoms with Gasteiger partial charge < -0.3 is 14.8 Å². The van der Waals surface area contributed by atoms with Crippen LogP contribution in [0.15, 0.2) is 28.2 Å². The molecule has 1 N–H and O–H groups in total. The fourth-order valence-corrected chi connectivity index (χ4v) is 3.11. The minimum Gasteiger partial charge on any atom is -0.486 e. The molecule has 0 spiro atoms. The largest absolute Gasteiger partial charge is 0.486 e. The number of hydrogen-bond acceptors (Lipinski definition) is 5. The minimum absolute atomic E-state index is 0.604. The van der Waals surface area contributed by atoms with Crippen LogP contribution in [0.5, 0.6) is 11.5 Å². The quantitative estimate of drug-likeness (QED) is 0.929. The van der Waals surface area contributed by atoms with Crippen LogP contribution in [0, 0.1) is 0 Å². The van der Waals surface area contributed by atoms with E-state index in [2.05, 4.69) is 32.3 Å². The van der Waals surface area contributed by atoms with Gasteiger partial charge >= 0.3 is 0 Å². The summed E-state index contributed by atoms with van der Waals surface area (Å²) in [5.41, 5.74) is 1.16. The minimum atomic E-state index is 0.604. The van der Waals surface area contributed by atoms with Crippen molar-refractivity contribution in [2.24, 2.45) is 0 Å². The van der Waals surface area contributed by atoms with E-state index >= 15 is 0 Å². The fourth-order valence-electron chi connectivity index (χ4n) is 1.92. The summed E-state index contributed by atoms with van der Waals surface area (Å²) >= 11 is 5.18. The van der Waals surface area contributed by atoms with Crippen LogP contribution in [0.1, 0.15) is 10.6 Å². The van der Waals surface area contributed by atoms with Crippen molar-refractivity contribution in [2.45, 2.75) is 13.1 Å². The Morgan fingerprint density at radius 3 is 3.00 bits per heavy atom. The number of ether oxygens (including phenoxy) is 2. The molecule has 1 aromatic heterocycles. The lowest BCUT2D eigenvalue weighted by Gasteiger charge is -2.20. The lowest BCUT2D eigenvalue weighted by atomic mass is 10.2. The number of aromatic nitrogens is 1. The maximum absolute atomic E-state index is 5.60. The molecule has 0 saturated heterocycles. The molecule has 0 unspecified atom stereocenters. The monoisotopic (exact) mass is 340 g/mol. The van der Waals surface area contributed by atoms with E-state index in [1.54, 1.807) is 11.3 Å². The zero-order chi connectivity index (χ0) is 13.1. The molecule has 1 aliphatic heterocycles. The van der Waals surface area contributed by atoms with Crippen molar-refractivity contribution in [3.05, 3.63) is 38.8 Å². The first kappa shape index (κ1) is 12.9. The van der Waals surface area contributed by atoms with Crippen molar-refractivity contribution in [3.8, 4) is 11.5 Å². The number of hydrogen-bond donors (Lipinski definition) is 1. The van der Waals surface area contributed by atoms with E-state index in [0.29, 0.717) is 13.2 Å². The molecule has 1 aliphatic rings. The third-order valence-corrected chi connectivity index (χ3v) is 4.11. The van der Waals surface area contributed by atoms with Gasteiger partial charge in [-0.2, -0.15) is 0 Å². The molecular formula is C13H13BrN2O2S. The highest BCUT2D eigenvalue weighted by molar-refractivity contribution is 9.10. The molecule has 4 nitrogen and oxygen atoms in total. The number of halogens is 1. The number of thiazole rings is 1. The van der Waals surface area contributed by atoms with Crippen LogP contribution < -0.4 is 14.8 Å². The highest BCUT2D eigenvalue weighted by Crippen LogP contribution is 2.38. The smallest absolute Gasteiger partial charge is 0.175 e. The Bertz CT molecular complexity index is 560. The summed E-state index contributed by atoms with van der Waals surface area (Å²) < 4.78 is 12.1. The Kier molecular flexibility index (Phi) is 4.00. The molecule has 2 aromatic rings. The van der Waals surface area contributed by atoms with Gasteiger partial charge in [0.2, 0.25) is 0 Å². The molecule has 0 atom stereocenters. The molecule has 2 heterocycles. The molecule has 0 saturated carbocycles. The standard InChI is InChI=1S/C13H13BrN2O2S/c14-10-5-9(6-11-13(10)18-3-2-17-11)7-15-8-12-16-1-4-19-12/h1,4-6,15H,2-3,7-8H2. The van der Waals surface area contributed by atoms with Crippen molar-refractivity contribution < 1.29 is 9.47 Å². The van der Waals surface area contributed by atoms with Crippen LogP contribution in [0.4, 0.5) is 0 Å². The van der Waals surface area contributed by atoms with Gasteiger partial charge in [0.15, 0.2) is 11.5 Å². The predicted molar refractivity (Wildman–Crippen MR) is 77.8 cm³/mol. The molecule has 0 amide bonds. The van der Waals surface area contributed by atoms with Crippen molar-refractivity contribution in [2.75, 3.05) is 13.2 Å². The highest BCUT2D eigenvalue weighted by Gasteiger charge is 2.16. The molecule has 0 aliphatic carbocycles. The van der Waals surface area contributed by atoms with Crippen LogP contribution in [-0.4, -0.2) is 18.2 Å². The topological polar surface area (TPSA) is 43.4 Å². The average Bonchev–Trinajstić information content (AvgIpc) is 2.92. The first-order valence-corrected chi connectivity index (χ1v) is 7.67. The third-order valence-electron chi connectivity index (χ3n) is 2.75. The van der Waals surface area contributed by atoms with Crippen molar-refractivity contribution in [3.63, 3.8) is 0 Å². The van der Waals surface area contributed by atoms with Crippen LogP contribution in [0.25, 0.3) is 0 Å². The number of benzene rings is 1. The van der Waals surface area contributed by atoms with Gasteiger partial charge in [-0.3, -0.25) is 0 Å². The maximum atomic E-state index is 5.60. The molecular weight excluding hydrogens is 328 g/mol. The lowest BCUT2D eigenvalue weighted by molar-refractivity contribution is 0.170. The van der Waals surface area contributed by atoms with E-state index in [1.165, 1.54) is 0 Å². The van der Waals surface area contributed by atoms with Crippen LogP contribution in [-0.2, 0) is 13.1 Å². The summed E-state index contributed by atoms with van der Waals surface area (Å²) in [6, 6.07) is 4.08. The Morgan fingerprint density at radius 1 is 1.26 bits per heavy atom. The maximum Gasteiger partial charge on any atom is 0.175 e. The van der Waals surface area contributed by atoms with E-state index in [-0.39, 0.29) is 0 Å². The molecule has 0 radical (unpaired) electrons. The Labute approximate surface area is 123 Å². The second-order valence-corrected chi connectivity index (χ2v) is 5.96. The van der Waals surface area contributed by atoms with Crippen molar-refractivity contribution in [1.82, 2.24) is 10.3 Å². The normalized spacial score (nSPS) is 13.5. The summed E-state index contributed by atoms with van der Waals surface area (Å²) in [5, 5.41) is 6.45. The zero-order valence-electron chi connectivity index (χ0n) is 10.2. The van der Waals surface area contributed by atoms with Gasteiger partial charge in [-0.25, -0.2) is 4.98 Å². The summed E-state index contributed by atoms with van der Waals surface area (Å²) in [5.74, 6) is 1.61. The number of nitrogens with zero attached hydrogens (tertiary/aromatic N) is 1. The van der Waals surface area contributed by atoms with Crippen LogP contribution in [0.2, 0.25) is 0 Å². The van der Waals surface area contributed by atoms with Gasteiger partial charge in [0.1, 0.15) is 18.2 Å². The van der Waals surface area contributed by atoms with Gasteiger partial charge in [-0.15, -0.1) is 11.3 Å². The van der Waals surface area contributed by atoms with E-state index in [4.69, 9.17) is 9.47 Å². The van der Waals surface area contributed by atoms with Gasteiger partial charge in [-0.05, 0) is 33.6 Å². The van der Waals surface area contributed by atoms with Crippen molar-refractivity contribution >= 4 is 27.3 Å². The van der Waals surface area contributed by atoms with Gasteiger partial charge in [-0.1, -0.05) is 0 Å². The SMILES string of the molecule is Brc1cc(CNCc2nccs2)cc2c1OCCO2. The third kappa shape index (κ3) is 3.08. The Balaban J connectivity index is 1.66. The van der Waals surface area contributed by atoms with Gasteiger partial charge in [0, 0.05) is 24.7 Å². The average molecular weight is 341 g/mol. The fraction of sp³-hybridized carbons (Fsp3) is 0.308. The summed E-state index contributed by atoms with van der Waals surface area (Å²) in [6.45, 7) is 2.77. The summed E-state index contributed by atoms with van der Waals surface area (Å²) in [7, 11) is 0. The molecule has 1 aromatic carbocycles. The van der Waals surface area contributed by atoms with E-state index in [0.717, 1.165) is 39.6 Å². The molecule has 19 heavy (non-hydrogen) atoms. The number of rotatable bonds is 4. The second-order valence-electron chi connectivity index (χ2n) is 4.13. The molecule has 100 valence electrons. The van der Waals surface area contributed by atoms with Gasteiger partial charge in [0.25, 0.3) is 0 Å². The zero-order valence-corrected chi connectivity index (χ0v) is 12.6. The van der Waals surface area contributed by atoms with Crippen LogP contribution in [0.3, 0.4) is 0 Å². The highest BCUT2D eigenvalue weighted by atomic mass is 79.9. The molecule has 0 fully saturated rings. The number of nitrogens with one attached hydrogen (secondary N) is 1.